The molecule has 0 aliphatic carbocycles. The van der Waals surface area contributed by atoms with E-state index in [1.165, 1.54) is 11.5 Å². The Morgan fingerprint density at radius 1 is 1.50 bits per heavy atom. The van der Waals surface area contributed by atoms with E-state index in [1.54, 1.807) is 16.9 Å². The lowest BCUT2D eigenvalue weighted by Crippen LogP contribution is -2.38. The van der Waals surface area contributed by atoms with Crippen LogP contribution < -0.4 is 11.3 Å². The molecule has 1 heterocycles. The summed E-state index contributed by atoms with van der Waals surface area (Å²) in [6.45, 7) is 1.98. The van der Waals surface area contributed by atoms with Crippen LogP contribution in [0.25, 0.3) is 10.1 Å². The highest BCUT2D eigenvalue weighted by Crippen LogP contribution is 2.16. The predicted molar refractivity (Wildman–Crippen MR) is 65.7 cm³/mol. The van der Waals surface area contributed by atoms with Crippen molar-refractivity contribution in [2.45, 2.75) is 25.6 Å². The van der Waals surface area contributed by atoms with E-state index in [2.05, 4.69) is 0 Å². The average molecular weight is 238 g/mol. The lowest BCUT2D eigenvalue weighted by Gasteiger charge is -2.13. The molecule has 0 amide bonds. The van der Waals surface area contributed by atoms with Crippen LogP contribution in [-0.4, -0.2) is 21.2 Å². The molecule has 2 atom stereocenters. The predicted octanol–water partition coefficient (Wildman–Crippen LogP) is 0.771. The van der Waals surface area contributed by atoms with Crippen molar-refractivity contribution in [3.05, 3.63) is 34.6 Å². The quantitative estimate of drug-likeness (QED) is 0.830. The Kier molecular flexibility index (Phi) is 3.09. The Bertz CT molecular complexity index is 544. The van der Waals surface area contributed by atoms with Crippen molar-refractivity contribution in [2.24, 2.45) is 5.73 Å². The van der Waals surface area contributed by atoms with Gasteiger partial charge in [0.1, 0.15) is 0 Å². The molecule has 0 bridgehead atoms. The number of benzene rings is 1. The number of aliphatic hydroxyl groups excluding tert-OH is 1. The van der Waals surface area contributed by atoms with Gasteiger partial charge in [0.15, 0.2) is 0 Å². The average Bonchev–Trinajstić information content (AvgIpc) is 2.56. The molecule has 1 aromatic heterocycles. The largest absolute Gasteiger partial charge is 0.392 e. The van der Waals surface area contributed by atoms with Crippen molar-refractivity contribution in [3.8, 4) is 0 Å². The molecule has 2 unspecified atom stereocenters. The van der Waals surface area contributed by atoms with E-state index in [0.29, 0.717) is 11.9 Å². The first-order valence-corrected chi connectivity index (χ1v) is 5.89. The minimum Gasteiger partial charge on any atom is -0.392 e. The van der Waals surface area contributed by atoms with Crippen molar-refractivity contribution in [2.75, 3.05) is 0 Å². The molecular formula is C11H14N2O2S. The van der Waals surface area contributed by atoms with E-state index in [4.69, 9.17) is 5.73 Å². The van der Waals surface area contributed by atoms with Crippen LogP contribution in [-0.2, 0) is 6.54 Å². The topological polar surface area (TPSA) is 68.2 Å². The second-order valence-corrected chi connectivity index (χ2v) is 4.92. The Morgan fingerprint density at radius 2 is 2.19 bits per heavy atom. The molecule has 16 heavy (non-hydrogen) atoms. The number of nitrogens with two attached hydrogens (primary N) is 1. The van der Waals surface area contributed by atoms with Crippen molar-refractivity contribution in [1.29, 1.82) is 0 Å². The summed E-state index contributed by atoms with van der Waals surface area (Å²) in [5, 5.41) is 10.0. The number of fused-ring (bicyclic) bond motifs is 1. The summed E-state index contributed by atoms with van der Waals surface area (Å²) >= 11 is 1.38. The fourth-order valence-electron chi connectivity index (χ4n) is 1.48. The molecule has 0 saturated heterocycles. The van der Waals surface area contributed by atoms with E-state index in [-0.39, 0.29) is 5.56 Å². The molecule has 2 rings (SSSR count). The van der Waals surface area contributed by atoms with Crippen LogP contribution in [0.2, 0.25) is 0 Å². The highest BCUT2D eigenvalue weighted by molar-refractivity contribution is 7.13. The molecule has 0 aliphatic heterocycles. The number of aliphatic hydroxyl groups is 1. The third-order valence-corrected chi connectivity index (χ3v) is 3.64. The molecule has 3 N–H and O–H groups in total. The fourth-order valence-corrected chi connectivity index (χ4v) is 2.54. The summed E-state index contributed by atoms with van der Waals surface area (Å²) in [6.07, 6.45) is -0.614. The molecule has 2 aromatic rings. The molecule has 4 nitrogen and oxygen atoms in total. The van der Waals surface area contributed by atoms with E-state index in [0.717, 1.165) is 4.70 Å². The second kappa shape index (κ2) is 4.37. The number of rotatable bonds is 3. The van der Waals surface area contributed by atoms with Crippen LogP contribution in [0.1, 0.15) is 6.92 Å². The van der Waals surface area contributed by atoms with Crippen LogP contribution in [0.3, 0.4) is 0 Å². The summed E-state index contributed by atoms with van der Waals surface area (Å²) < 4.78 is 2.55. The lowest BCUT2D eigenvalue weighted by molar-refractivity contribution is 0.156. The first kappa shape index (κ1) is 11.3. The van der Waals surface area contributed by atoms with E-state index in [9.17, 15) is 9.90 Å². The Labute approximate surface area is 97.1 Å². The smallest absolute Gasteiger partial charge is 0.268 e. The van der Waals surface area contributed by atoms with E-state index >= 15 is 0 Å². The summed E-state index contributed by atoms with van der Waals surface area (Å²) in [5.74, 6) is 0. The van der Waals surface area contributed by atoms with Gasteiger partial charge in [0.2, 0.25) is 0 Å². The van der Waals surface area contributed by atoms with E-state index in [1.807, 2.05) is 18.2 Å². The first-order chi connectivity index (χ1) is 7.59. The molecule has 0 radical (unpaired) electrons. The van der Waals surface area contributed by atoms with Gasteiger partial charge in [-0.1, -0.05) is 23.7 Å². The SMILES string of the molecule is CC(O)C(N)Cn1sc2ccccc2c1=O. The normalized spacial score (nSPS) is 15.2. The maximum absolute atomic E-state index is 11.9. The number of hydrogen-bond acceptors (Lipinski definition) is 4. The molecule has 86 valence electrons. The summed E-state index contributed by atoms with van der Waals surface area (Å²) in [4.78, 5) is 11.9. The fraction of sp³-hybridized carbons (Fsp3) is 0.364. The highest BCUT2D eigenvalue weighted by Gasteiger charge is 2.13. The maximum atomic E-state index is 11.9. The molecule has 0 saturated carbocycles. The van der Waals surface area contributed by atoms with Crippen molar-refractivity contribution in [3.63, 3.8) is 0 Å². The zero-order valence-corrected chi connectivity index (χ0v) is 9.78. The summed E-state index contributed by atoms with van der Waals surface area (Å²) in [6, 6.07) is 7.04. The number of hydrogen-bond donors (Lipinski definition) is 2. The lowest BCUT2D eigenvalue weighted by atomic mass is 10.2. The van der Waals surface area contributed by atoms with Gasteiger partial charge in [-0.3, -0.25) is 8.75 Å². The van der Waals surface area contributed by atoms with Crippen LogP contribution in [0, 0.1) is 0 Å². The van der Waals surface area contributed by atoms with Gasteiger partial charge < -0.3 is 10.8 Å². The van der Waals surface area contributed by atoms with Gasteiger partial charge >= 0.3 is 0 Å². The molecular weight excluding hydrogens is 224 g/mol. The maximum Gasteiger partial charge on any atom is 0.268 e. The molecule has 0 aliphatic rings. The third-order valence-electron chi connectivity index (χ3n) is 2.55. The highest BCUT2D eigenvalue weighted by atomic mass is 32.1. The molecule has 0 spiro atoms. The van der Waals surface area contributed by atoms with Gasteiger partial charge in [0, 0.05) is 6.04 Å². The van der Waals surface area contributed by atoms with Gasteiger partial charge in [-0.2, -0.15) is 0 Å². The minimum atomic E-state index is -0.614. The number of nitrogens with zero attached hydrogens (tertiary/aromatic N) is 1. The van der Waals surface area contributed by atoms with Gasteiger partial charge in [0.05, 0.1) is 22.7 Å². The Balaban J connectivity index is 2.39. The second-order valence-electron chi connectivity index (χ2n) is 3.86. The van der Waals surface area contributed by atoms with Crippen molar-refractivity contribution < 1.29 is 5.11 Å². The van der Waals surface area contributed by atoms with Crippen molar-refractivity contribution in [1.82, 2.24) is 3.96 Å². The van der Waals surface area contributed by atoms with Gasteiger partial charge in [-0.05, 0) is 19.1 Å². The van der Waals surface area contributed by atoms with E-state index < -0.39 is 12.1 Å². The minimum absolute atomic E-state index is 0.0308. The van der Waals surface area contributed by atoms with Crippen LogP contribution >= 0.6 is 11.5 Å². The summed E-state index contributed by atoms with van der Waals surface area (Å²) in [7, 11) is 0. The van der Waals surface area contributed by atoms with Crippen LogP contribution in [0.5, 0.6) is 0 Å². The zero-order chi connectivity index (χ0) is 11.7. The zero-order valence-electron chi connectivity index (χ0n) is 8.96. The molecule has 1 aromatic carbocycles. The summed E-state index contributed by atoms with van der Waals surface area (Å²) in [5.41, 5.74) is 5.71. The third kappa shape index (κ3) is 2.02. The van der Waals surface area contributed by atoms with Crippen molar-refractivity contribution >= 4 is 21.6 Å². The van der Waals surface area contributed by atoms with Gasteiger partial charge in [-0.25, -0.2) is 0 Å². The number of aromatic nitrogens is 1. The molecule has 5 heteroatoms. The molecule has 0 fully saturated rings. The van der Waals surface area contributed by atoms with Crippen LogP contribution in [0.15, 0.2) is 29.1 Å². The van der Waals surface area contributed by atoms with Crippen LogP contribution in [0.4, 0.5) is 0 Å². The Morgan fingerprint density at radius 3 is 2.81 bits per heavy atom. The van der Waals surface area contributed by atoms with Gasteiger partial charge in [0.25, 0.3) is 5.56 Å². The van der Waals surface area contributed by atoms with Gasteiger partial charge in [-0.15, -0.1) is 0 Å². The Hall–Kier alpha value is -1.17. The monoisotopic (exact) mass is 238 g/mol. The standard InChI is InChI=1S/C11H14N2O2S/c1-7(14)9(12)6-13-11(15)8-4-2-3-5-10(8)16-13/h2-5,7,9,14H,6,12H2,1H3. The first-order valence-electron chi connectivity index (χ1n) is 5.12.